The van der Waals surface area contributed by atoms with Gasteiger partial charge in [-0.3, -0.25) is 18.6 Å². The van der Waals surface area contributed by atoms with Gasteiger partial charge in [0.15, 0.2) is 6.10 Å². The largest absolute Gasteiger partial charge is 0.472 e. The molecule has 0 heterocycles. The van der Waals surface area contributed by atoms with Crippen LogP contribution in [0.1, 0.15) is 348 Å². The van der Waals surface area contributed by atoms with E-state index in [2.05, 4.69) is 62.5 Å². The monoisotopic (exact) mass is 1180 g/mol. The second-order valence-electron chi connectivity index (χ2n) is 25.3. The van der Waals surface area contributed by atoms with Crippen molar-refractivity contribution in [3.63, 3.8) is 0 Å². The molecule has 0 aromatic heterocycles. The number of esters is 2. The number of likely N-dealkylation sites (N-methyl/N-ethyl adjacent to an activating group) is 1. The predicted octanol–water partition coefficient (Wildman–Crippen LogP) is 22.8. The summed E-state index contributed by atoms with van der Waals surface area (Å²) in [6, 6.07) is 0. The zero-order valence-electron chi connectivity index (χ0n) is 55.0. The van der Waals surface area contributed by atoms with Gasteiger partial charge in [0.05, 0.1) is 27.7 Å². The van der Waals surface area contributed by atoms with Crippen molar-refractivity contribution in [3.05, 3.63) is 48.6 Å². The molecular formula is C72H137NO8P+. The second-order valence-corrected chi connectivity index (χ2v) is 26.7. The molecule has 2 atom stereocenters. The topological polar surface area (TPSA) is 108 Å². The molecule has 0 aliphatic rings. The first-order valence-electron chi connectivity index (χ1n) is 35.4. The Morgan fingerprint density at radius 1 is 0.390 bits per heavy atom. The Bertz CT molecular complexity index is 1520. The van der Waals surface area contributed by atoms with Crippen LogP contribution >= 0.6 is 7.82 Å². The molecule has 9 nitrogen and oxygen atoms in total. The van der Waals surface area contributed by atoms with Crippen LogP contribution in [0.4, 0.5) is 0 Å². The molecule has 0 fully saturated rings. The van der Waals surface area contributed by atoms with Gasteiger partial charge in [-0.2, -0.15) is 0 Å². The highest BCUT2D eigenvalue weighted by atomic mass is 31.2. The molecule has 0 aromatic rings. The second kappa shape index (κ2) is 63.5. The van der Waals surface area contributed by atoms with Crippen molar-refractivity contribution in [3.8, 4) is 0 Å². The number of ether oxygens (including phenoxy) is 2. The number of carbonyl (C=O) groups excluding carboxylic acids is 2. The minimum absolute atomic E-state index is 0.0342. The Balaban J connectivity index is 3.99. The third-order valence-electron chi connectivity index (χ3n) is 15.9. The maximum atomic E-state index is 12.9. The Morgan fingerprint density at radius 3 is 1.04 bits per heavy atom. The molecule has 0 saturated heterocycles. The van der Waals surface area contributed by atoms with E-state index >= 15 is 0 Å². The van der Waals surface area contributed by atoms with Gasteiger partial charge in [0.25, 0.3) is 0 Å². The minimum Gasteiger partial charge on any atom is -0.462 e. The highest BCUT2D eigenvalue weighted by Gasteiger charge is 2.27. The highest BCUT2D eigenvalue weighted by Crippen LogP contribution is 2.43. The molecule has 0 amide bonds. The molecule has 0 aliphatic carbocycles. The van der Waals surface area contributed by atoms with Gasteiger partial charge in [-0.15, -0.1) is 0 Å². The molecular weight excluding hydrogens is 1040 g/mol. The van der Waals surface area contributed by atoms with Crippen molar-refractivity contribution < 1.29 is 42.1 Å². The summed E-state index contributed by atoms with van der Waals surface area (Å²) in [6.45, 7) is 4.39. The minimum atomic E-state index is -4.39. The summed E-state index contributed by atoms with van der Waals surface area (Å²) in [7, 11) is 1.50. The van der Waals surface area contributed by atoms with E-state index in [0.29, 0.717) is 23.9 Å². The SMILES string of the molecule is CC/C=C\C/C=C\C/C=C\C/C=C\CCCCCCCCCCCCCCCCCCCCC(=O)OC(COC(=O)CCCCCCCCCCCCCCCCCCCCCCCCCCCCC)COP(=O)(O)OCC[N+](C)(C)C. The van der Waals surface area contributed by atoms with Gasteiger partial charge in [-0.05, 0) is 51.4 Å². The van der Waals surface area contributed by atoms with Gasteiger partial charge in [0, 0.05) is 12.8 Å². The van der Waals surface area contributed by atoms with E-state index in [0.717, 1.165) is 57.8 Å². The predicted molar refractivity (Wildman–Crippen MR) is 353 cm³/mol. The average Bonchev–Trinajstić information content (AvgIpc) is 3.46. The van der Waals surface area contributed by atoms with Crippen LogP contribution in [0.2, 0.25) is 0 Å². The molecule has 1 N–H and O–H groups in total. The molecule has 0 aromatic carbocycles. The van der Waals surface area contributed by atoms with Gasteiger partial charge in [0.2, 0.25) is 0 Å². The molecule has 0 bridgehead atoms. The van der Waals surface area contributed by atoms with Crippen LogP contribution in [-0.4, -0.2) is 74.9 Å². The summed E-state index contributed by atoms with van der Waals surface area (Å²) >= 11 is 0. The van der Waals surface area contributed by atoms with E-state index < -0.39 is 26.5 Å². The quantitative estimate of drug-likeness (QED) is 0.0211. The lowest BCUT2D eigenvalue weighted by Gasteiger charge is -2.24. The van der Waals surface area contributed by atoms with Crippen molar-refractivity contribution in [2.24, 2.45) is 0 Å². The molecule has 0 radical (unpaired) electrons. The average molecular weight is 1180 g/mol. The Hall–Kier alpha value is -2.03. The van der Waals surface area contributed by atoms with E-state index in [4.69, 9.17) is 18.5 Å². The molecule has 0 spiro atoms. The number of allylic oxidation sites excluding steroid dienone is 8. The fourth-order valence-corrected chi connectivity index (χ4v) is 11.2. The lowest BCUT2D eigenvalue weighted by Crippen LogP contribution is -2.37. The smallest absolute Gasteiger partial charge is 0.462 e. The number of hydrogen-bond acceptors (Lipinski definition) is 7. The Labute approximate surface area is 509 Å². The maximum absolute atomic E-state index is 12.9. The third kappa shape index (κ3) is 67.1. The van der Waals surface area contributed by atoms with Crippen molar-refractivity contribution in [2.45, 2.75) is 354 Å². The van der Waals surface area contributed by atoms with Crippen molar-refractivity contribution in [1.29, 1.82) is 0 Å². The number of unbranched alkanes of at least 4 members (excludes halogenated alkanes) is 44. The standard InChI is InChI=1S/C72H136NO8P/c1-6-8-10-12-14-16-18-20-22-24-26-28-30-32-34-35-36-37-39-41-43-45-47-49-51-53-55-57-59-61-63-65-72(75)81-70(69-80-82(76,77)79-67-66-73(3,4)5)68-78-71(74)64-62-60-58-56-54-52-50-48-46-44-42-40-38-33-31-29-27-25-23-21-19-17-15-13-11-9-7-2/h8,10,14,16,20,22,26,28,70H,6-7,9,11-13,15,17-19,21,23-25,27,29-69H2,1-5H3/p+1/b10-8-,16-14-,22-20-,28-26-. The van der Waals surface area contributed by atoms with Gasteiger partial charge >= 0.3 is 19.8 Å². The van der Waals surface area contributed by atoms with E-state index in [1.54, 1.807) is 0 Å². The van der Waals surface area contributed by atoms with Gasteiger partial charge < -0.3 is 18.9 Å². The van der Waals surface area contributed by atoms with Crippen LogP contribution in [0.15, 0.2) is 48.6 Å². The lowest BCUT2D eigenvalue weighted by atomic mass is 10.0. The maximum Gasteiger partial charge on any atom is 0.472 e. The number of nitrogens with zero attached hydrogens (tertiary/aromatic N) is 1. The molecule has 0 rings (SSSR count). The molecule has 10 heteroatoms. The zero-order valence-corrected chi connectivity index (χ0v) is 55.9. The third-order valence-corrected chi connectivity index (χ3v) is 16.9. The number of carbonyl (C=O) groups is 2. The van der Waals surface area contributed by atoms with Crippen LogP contribution in [0.3, 0.4) is 0 Å². The first-order chi connectivity index (χ1) is 40.0. The summed E-state index contributed by atoms with van der Waals surface area (Å²) in [4.78, 5) is 35.9. The summed E-state index contributed by atoms with van der Waals surface area (Å²) in [5, 5.41) is 0. The van der Waals surface area contributed by atoms with Gasteiger partial charge in [-0.25, -0.2) is 4.57 Å². The zero-order chi connectivity index (χ0) is 59.8. The summed E-state index contributed by atoms with van der Waals surface area (Å²) in [5.74, 6) is -0.776. The van der Waals surface area contributed by atoms with E-state index in [1.165, 1.54) is 257 Å². The summed E-state index contributed by atoms with van der Waals surface area (Å²) < 4.78 is 34.8. The number of rotatable bonds is 66. The highest BCUT2D eigenvalue weighted by molar-refractivity contribution is 7.47. The first kappa shape index (κ1) is 80.0. The molecule has 0 aliphatic heterocycles. The molecule has 82 heavy (non-hydrogen) atoms. The van der Waals surface area contributed by atoms with Crippen molar-refractivity contribution >= 4 is 19.8 Å². The van der Waals surface area contributed by atoms with E-state index in [9.17, 15) is 19.0 Å². The fourth-order valence-electron chi connectivity index (χ4n) is 10.5. The van der Waals surface area contributed by atoms with Gasteiger partial charge in [-0.1, -0.05) is 332 Å². The van der Waals surface area contributed by atoms with Gasteiger partial charge in [0.1, 0.15) is 19.8 Å². The molecule has 482 valence electrons. The molecule has 0 saturated carbocycles. The van der Waals surface area contributed by atoms with E-state index in [-0.39, 0.29) is 25.6 Å². The normalized spacial score (nSPS) is 13.4. The summed E-state index contributed by atoms with van der Waals surface area (Å²) in [6.07, 6.45) is 82.2. The van der Waals surface area contributed by atoms with Crippen molar-refractivity contribution in [2.75, 3.05) is 47.5 Å². The van der Waals surface area contributed by atoms with Crippen LogP contribution in [0.5, 0.6) is 0 Å². The van der Waals surface area contributed by atoms with Crippen LogP contribution in [0.25, 0.3) is 0 Å². The van der Waals surface area contributed by atoms with Crippen LogP contribution < -0.4 is 0 Å². The van der Waals surface area contributed by atoms with Crippen LogP contribution in [0, 0.1) is 0 Å². The number of phosphoric acid groups is 1. The Morgan fingerprint density at radius 2 is 0.695 bits per heavy atom. The first-order valence-corrected chi connectivity index (χ1v) is 36.9. The number of phosphoric ester groups is 1. The summed E-state index contributed by atoms with van der Waals surface area (Å²) in [5.41, 5.74) is 0. The molecule has 2 unspecified atom stereocenters. The van der Waals surface area contributed by atoms with Crippen LogP contribution in [-0.2, 0) is 32.7 Å². The fraction of sp³-hybridized carbons (Fsp3) is 0.861. The Kier molecular flexibility index (Phi) is 61.9. The van der Waals surface area contributed by atoms with E-state index in [1.807, 2.05) is 21.1 Å². The number of quaternary nitrogens is 1. The number of hydrogen-bond donors (Lipinski definition) is 1. The lowest BCUT2D eigenvalue weighted by molar-refractivity contribution is -0.870. The van der Waals surface area contributed by atoms with Crippen molar-refractivity contribution in [1.82, 2.24) is 0 Å².